The highest BCUT2D eigenvalue weighted by Crippen LogP contribution is 2.08. The molecule has 0 N–H and O–H groups in total. The maximum Gasteiger partial charge on any atom is 0.227 e. The van der Waals surface area contributed by atoms with Crippen molar-refractivity contribution >= 4 is 5.91 Å². The van der Waals surface area contributed by atoms with Gasteiger partial charge in [-0.15, -0.1) is 0 Å². The molecule has 94 valence electrons. The Morgan fingerprint density at radius 2 is 1.94 bits per heavy atom. The maximum atomic E-state index is 12.0. The summed E-state index contributed by atoms with van der Waals surface area (Å²) in [6.07, 6.45) is 2.05. The van der Waals surface area contributed by atoms with Crippen LogP contribution in [-0.4, -0.2) is 17.9 Å². The van der Waals surface area contributed by atoms with Crippen LogP contribution in [0.2, 0.25) is 0 Å². The molecule has 1 aromatic carbocycles. The normalized spacial score (nSPS) is 10.3. The molecule has 0 bridgehead atoms. The molecule has 1 heterocycles. The highest BCUT2D eigenvalue weighted by atomic mass is 16.3. The smallest absolute Gasteiger partial charge is 0.227 e. The van der Waals surface area contributed by atoms with Gasteiger partial charge in [-0.2, -0.15) is 0 Å². The Hall–Kier alpha value is -2.03. The lowest BCUT2D eigenvalue weighted by molar-refractivity contribution is -0.129. The summed E-state index contributed by atoms with van der Waals surface area (Å²) in [5, 5.41) is 0. The number of rotatable bonds is 4. The molecule has 0 aliphatic heterocycles. The fourth-order valence-corrected chi connectivity index (χ4v) is 1.74. The van der Waals surface area contributed by atoms with Crippen LogP contribution < -0.4 is 0 Å². The van der Waals surface area contributed by atoms with Gasteiger partial charge in [0.2, 0.25) is 5.91 Å². The first-order valence-electron chi connectivity index (χ1n) is 5.97. The molecule has 0 saturated heterocycles. The van der Waals surface area contributed by atoms with Crippen LogP contribution in [0.4, 0.5) is 0 Å². The summed E-state index contributed by atoms with van der Waals surface area (Å²) in [4.78, 5) is 13.7. The van der Waals surface area contributed by atoms with Crippen LogP contribution >= 0.6 is 0 Å². The maximum absolute atomic E-state index is 12.0. The van der Waals surface area contributed by atoms with Gasteiger partial charge in [0, 0.05) is 7.05 Å². The van der Waals surface area contributed by atoms with E-state index in [9.17, 15) is 4.79 Å². The second-order valence-electron chi connectivity index (χ2n) is 4.49. The zero-order valence-electron chi connectivity index (χ0n) is 10.7. The summed E-state index contributed by atoms with van der Waals surface area (Å²) in [5.74, 6) is 0.894. The fourth-order valence-electron chi connectivity index (χ4n) is 1.74. The van der Waals surface area contributed by atoms with Gasteiger partial charge in [-0.3, -0.25) is 4.79 Å². The number of amides is 1. The van der Waals surface area contributed by atoms with Crippen molar-refractivity contribution in [1.29, 1.82) is 0 Å². The van der Waals surface area contributed by atoms with Crippen molar-refractivity contribution in [2.24, 2.45) is 0 Å². The SMILES string of the molecule is Cc1ccc(CC(=O)N(C)Cc2ccco2)cc1. The molecule has 0 radical (unpaired) electrons. The number of furan rings is 1. The molecular formula is C15H17NO2. The van der Waals surface area contributed by atoms with E-state index in [4.69, 9.17) is 4.42 Å². The van der Waals surface area contributed by atoms with Crippen molar-refractivity contribution in [3.63, 3.8) is 0 Å². The molecule has 0 unspecified atom stereocenters. The van der Waals surface area contributed by atoms with Crippen molar-refractivity contribution in [3.8, 4) is 0 Å². The van der Waals surface area contributed by atoms with Gasteiger partial charge in [0.25, 0.3) is 0 Å². The quantitative estimate of drug-likeness (QED) is 0.827. The van der Waals surface area contributed by atoms with E-state index >= 15 is 0 Å². The van der Waals surface area contributed by atoms with Crippen LogP contribution in [-0.2, 0) is 17.8 Å². The van der Waals surface area contributed by atoms with Gasteiger partial charge in [0.05, 0.1) is 19.2 Å². The predicted octanol–water partition coefficient (Wildman–Crippen LogP) is 2.79. The van der Waals surface area contributed by atoms with Crippen LogP contribution in [0, 0.1) is 6.92 Å². The Kier molecular flexibility index (Phi) is 3.82. The Morgan fingerprint density at radius 3 is 2.56 bits per heavy atom. The van der Waals surface area contributed by atoms with E-state index < -0.39 is 0 Å². The second kappa shape index (κ2) is 5.54. The summed E-state index contributed by atoms with van der Waals surface area (Å²) >= 11 is 0. The third-order valence-corrected chi connectivity index (χ3v) is 2.87. The molecule has 0 spiro atoms. The number of benzene rings is 1. The molecule has 1 amide bonds. The van der Waals surface area contributed by atoms with Gasteiger partial charge < -0.3 is 9.32 Å². The lowest BCUT2D eigenvalue weighted by atomic mass is 10.1. The lowest BCUT2D eigenvalue weighted by Crippen LogP contribution is -2.27. The Morgan fingerprint density at radius 1 is 1.22 bits per heavy atom. The number of nitrogens with zero attached hydrogens (tertiary/aromatic N) is 1. The van der Waals surface area contributed by atoms with Gasteiger partial charge in [-0.05, 0) is 24.6 Å². The zero-order valence-corrected chi connectivity index (χ0v) is 10.7. The molecule has 18 heavy (non-hydrogen) atoms. The number of hydrogen-bond donors (Lipinski definition) is 0. The molecule has 0 aliphatic rings. The van der Waals surface area contributed by atoms with Crippen molar-refractivity contribution in [3.05, 3.63) is 59.5 Å². The van der Waals surface area contributed by atoms with E-state index in [1.54, 1.807) is 18.2 Å². The second-order valence-corrected chi connectivity index (χ2v) is 4.49. The zero-order chi connectivity index (χ0) is 13.0. The van der Waals surface area contributed by atoms with Crippen LogP contribution in [0.25, 0.3) is 0 Å². The first kappa shape index (κ1) is 12.4. The van der Waals surface area contributed by atoms with Crippen molar-refractivity contribution < 1.29 is 9.21 Å². The summed E-state index contributed by atoms with van der Waals surface area (Å²) in [6, 6.07) is 11.7. The first-order chi connectivity index (χ1) is 8.65. The number of likely N-dealkylation sites (N-methyl/N-ethyl adjacent to an activating group) is 1. The minimum atomic E-state index is 0.0928. The van der Waals surface area contributed by atoms with Gasteiger partial charge in [-0.1, -0.05) is 29.8 Å². The van der Waals surface area contributed by atoms with Crippen LogP contribution in [0.3, 0.4) is 0 Å². The summed E-state index contributed by atoms with van der Waals surface area (Å²) in [7, 11) is 1.79. The average Bonchev–Trinajstić information content (AvgIpc) is 2.85. The van der Waals surface area contributed by atoms with E-state index in [1.807, 2.05) is 43.3 Å². The minimum absolute atomic E-state index is 0.0928. The van der Waals surface area contributed by atoms with Crippen LogP contribution in [0.1, 0.15) is 16.9 Å². The number of carbonyl (C=O) groups is 1. The Labute approximate surface area is 107 Å². The van der Waals surface area contributed by atoms with E-state index in [-0.39, 0.29) is 5.91 Å². The topological polar surface area (TPSA) is 33.5 Å². The molecule has 1 aromatic heterocycles. The molecule has 0 aliphatic carbocycles. The minimum Gasteiger partial charge on any atom is -0.467 e. The third kappa shape index (κ3) is 3.23. The van der Waals surface area contributed by atoms with Crippen molar-refractivity contribution in [1.82, 2.24) is 4.90 Å². The number of carbonyl (C=O) groups excluding carboxylic acids is 1. The first-order valence-corrected chi connectivity index (χ1v) is 5.97. The molecule has 3 heteroatoms. The van der Waals surface area contributed by atoms with Gasteiger partial charge >= 0.3 is 0 Å². The van der Waals surface area contributed by atoms with Gasteiger partial charge in [0.15, 0.2) is 0 Å². The van der Waals surface area contributed by atoms with Crippen molar-refractivity contribution in [2.75, 3.05) is 7.05 Å². The van der Waals surface area contributed by atoms with E-state index in [1.165, 1.54) is 5.56 Å². The number of hydrogen-bond acceptors (Lipinski definition) is 2. The molecule has 2 aromatic rings. The van der Waals surface area contributed by atoms with E-state index in [0.717, 1.165) is 11.3 Å². The monoisotopic (exact) mass is 243 g/mol. The fraction of sp³-hybridized carbons (Fsp3) is 0.267. The van der Waals surface area contributed by atoms with E-state index in [2.05, 4.69) is 0 Å². The Bertz CT molecular complexity index is 500. The number of aryl methyl sites for hydroxylation is 1. The summed E-state index contributed by atoms with van der Waals surface area (Å²) in [6.45, 7) is 2.55. The summed E-state index contributed by atoms with van der Waals surface area (Å²) < 4.78 is 5.23. The van der Waals surface area contributed by atoms with Crippen LogP contribution in [0.15, 0.2) is 47.1 Å². The van der Waals surface area contributed by atoms with Gasteiger partial charge in [-0.25, -0.2) is 0 Å². The summed E-state index contributed by atoms with van der Waals surface area (Å²) in [5.41, 5.74) is 2.24. The highest BCUT2D eigenvalue weighted by molar-refractivity contribution is 5.78. The lowest BCUT2D eigenvalue weighted by Gasteiger charge is -2.15. The largest absolute Gasteiger partial charge is 0.467 e. The standard InChI is InChI=1S/C15H17NO2/c1-12-5-7-13(8-6-12)10-15(17)16(2)11-14-4-3-9-18-14/h3-9H,10-11H2,1-2H3. The molecule has 0 atom stereocenters. The average molecular weight is 243 g/mol. The van der Waals surface area contributed by atoms with Crippen molar-refractivity contribution in [2.45, 2.75) is 19.9 Å². The molecule has 2 rings (SSSR count). The van der Waals surface area contributed by atoms with Gasteiger partial charge in [0.1, 0.15) is 5.76 Å². The Balaban J connectivity index is 1.93. The molecule has 0 saturated carbocycles. The molecular weight excluding hydrogens is 226 g/mol. The third-order valence-electron chi connectivity index (χ3n) is 2.87. The molecule has 3 nitrogen and oxygen atoms in total. The highest BCUT2D eigenvalue weighted by Gasteiger charge is 2.11. The predicted molar refractivity (Wildman–Crippen MR) is 70.1 cm³/mol. The molecule has 0 fully saturated rings. The van der Waals surface area contributed by atoms with Crippen LogP contribution in [0.5, 0.6) is 0 Å². The van der Waals surface area contributed by atoms with E-state index in [0.29, 0.717) is 13.0 Å².